The van der Waals surface area contributed by atoms with Gasteiger partial charge in [0.05, 0.1) is 6.33 Å². The molecule has 0 atom stereocenters. The first-order valence-electron chi connectivity index (χ1n) is 4.28. The number of imidazole rings is 1. The first kappa shape index (κ1) is 8.89. The van der Waals surface area contributed by atoms with Gasteiger partial charge in [0, 0.05) is 14.1 Å². The lowest BCUT2D eigenvalue weighted by molar-refractivity contribution is 0.493. The second-order valence-corrected chi connectivity index (χ2v) is 3.23. The van der Waals surface area contributed by atoms with Gasteiger partial charge in [0.2, 0.25) is 0 Å². The summed E-state index contributed by atoms with van der Waals surface area (Å²) in [6.45, 7) is 1.84. The minimum absolute atomic E-state index is 0.682. The molecule has 2 rings (SSSR count). The van der Waals surface area contributed by atoms with Gasteiger partial charge in [-0.05, 0) is 6.92 Å². The van der Waals surface area contributed by atoms with Crippen molar-refractivity contribution in [1.29, 1.82) is 0 Å². The summed E-state index contributed by atoms with van der Waals surface area (Å²) in [5.41, 5.74) is 4.59. The summed E-state index contributed by atoms with van der Waals surface area (Å²) in [5.74, 6) is 1.45. The molecule has 2 aromatic heterocycles. The standard InChI is InChI=1S/C8H12N6/c1-5-11-7-6(9-4-10-7)8(12-5)13-14(2)3/h4H,1-3H3,(H2,9,10,11,12,13). The molecule has 0 aromatic carbocycles. The Morgan fingerprint density at radius 1 is 1.36 bits per heavy atom. The first-order valence-corrected chi connectivity index (χ1v) is 4.28. The maximum absolute atomic E-state index is 4.28. The molecule has 6 nitrogen and oxygen atoms in total. The summed E-state index contributed by atoms with van der Waals surface area (Å²) < 4.78 is 0. The Bertz CT molecular complexity index is 446. The number of hydrogen-bond donors (Lipinski definition) is 2. The molecule has 0 radical (unpaired) electrons. The predicted octanol–water partition coefficient (Wildman–Crippen LogP) is 0.550. The van der Waals surface area contributed by atoms with Crippen molar-refractivity contribution in [3.8, 4) is 0 Å². The normalized spacial score (nSPS) is 11.1. The summed E-state index contributed by atoms with van der Waals surface area (Å²) in [6.07, 6.45) is 1.61. The van der Waals surface area contributed by atoms with Crippen LogP contribution in [0, 0.1) is 6.92 Å². The highest BCUT2D eigenvalue weighted by Crippen LogP contribution is 2.15. The summed E-state index contributed by atoms with van der Waals surface area (Å²) in [7, 11) is 3.80. The lowest BCUT2D eigenvalue weighted by atomic mass is 10.5. The number of hydrogen-bond acceptors (Lipinski definition) is 5. The highest BCUT2D eigenvalue weighted by atomic mass is 15.5. The third kappa shape index (κ3) is 1.51. The Hall–Kier alpha value is -1.69. The molecule has 0 bridgehead atoms. The van der Waals surface area contributed by atoms with Crippen molar-refractivity contribution in [3.05, 3.63) is 12.2 Å². The van der Waals surface area contributed by atoms with Crippen molar-refractivity contribution in [2.45, 2.75) is 6.92 Å². The van der Waals surface area contributed by atoms with E-state index in [4.69, 9.17) is 0 Å². The van der Waals surface area contributed by atoms with Gasteiger partial charge in [-0.25, -0.2) is 20.0 Å². The zero-order chi connectivity index (χ0) is 10.1. The van der Waals surface area contributed by atoms with Gasteiger partial charge in [0.15, 0.2) is 11.5 Å². The molecule has 0 aliphatic carbocycles. The maximum atomic E-state index is 4.28. The Kier molecular flexibility index (Phi) is 2.05. The van der Waals surface area contributed by atoms with Crippen LogP contribution in [-0.2, 0) is 0 Å². The van der Waals surface area contributed by atoms with Crippen LogP contribution in [0.2, 0.25) is 0 Å². The van der Waals surface area contributed by atoms with Crippen molar-refractivity contribution < 1.29 is 0 Å². The minimum Gasteiger partial charge on any atom is -0.340 e. The number of nitrogens with zero attached hydrogens (tertiary/aromatic N) is 4. The maximum Gasteiger partial charge on any atom is 0.183 e. The summed E-state index contributed by atoms with van der Waals surface area (Å²) in [5, 5.41) is 1.82. The number of anilines is 1. The average molecular weight is 192 g/mol. The van der Waals surface area contributed by atoms with Gasteiger partial charge in [-0.1, -0.05) is 0 Å². The van der Waals surface area contributed by atoms with Crippen molar-refractivity contribution in [3.63, 3.8) is 0 Å². The van der Waals surface area contributed by atoms with Crippen LogP contribution in [0.5, 0.6) is 0 Å². The molecule has 0 saturated carbocycles. The number of fused-ring (bicyclic) bond motifs is 1. The molecule has 0 spiro atoms. The zero-order valence-corrected chi connectivity index (χ0v) is 8.37. The molecular weight excluding hydrogens is 180 g/mol. The molecule has 0 aliphatic heterocycles. The molecule has 74 valence electrons. The van der Waals surface area contributed by atoms with E-state index in [1.165, 1.54) is 0 Å². The van der Waals surface area contributed by atoms with E-state index in [1.54, 1.807) is 6.33 Å². The second kappa shape index (κ2) is 3.22. The van der Waals surface area contributed by atoms with Gasteiger partial charge < -0.3 is 10.4 Å². The number of aromatic nitrogens is 4. The summed E-state index contributed by atoms with van der Waals surface area (Å²) in [4.78, 5) is 15.5. The largest absolute Gasteiger partial charge is 0.340 e. The smallest absolute Gasteiger partial charge is 0.183 e. The molecule has 14 heavy (non-hydrogen) atoms. The van der Waals surface area contributed by atoms with Crippen LogP contribution < -0.4 is 5.43 Å². The fraction of sp³-hybridized carbons (Fsp3) is 0.375. The van der Waals surface area contributed by atoms with Crippen molar-refractivity contribution in [2.75, 3.05) is 19.5 Å². The zero-order valence-electron chi connectivity index (χ0n) is 8.37. The van der Waals surface area contributed by atoms with Crippen LogP contribution in [0.15, 0.2) is 6.33 Å². The van der Waals surface area contributed by atoms with E-state index in [1.807, 2.05) is 26.0 Å². The fourth-order valence-corrected chi connectivity index (χ4v) is 1.23. The number of rotatable bonds is 2. The monoisotopic (exact) mass is 192 g/mol. The molecule has 2 N–H and O–H groups in total. The van der Waals surface area contributed by atoms with Gasteiger partial charge in [0.25, 0.3) is 0 Å². The summed E-state index contributed by atoms with van der Waals surface area (Å²) in [6, 6.07) is 0. The molecule has 2 heterocycles. The van der Waals surface area contributed by atoms with E-state index in [9.17, 15) is 0 Å². The van der Waals surface area contributed by atoms with E-state index in [-0.39, 0.29) is 0 Å². The molecule has 2 aromatic rings. The number of hydrazine groups is 1. The first-order chi connectivity index (χ1) is 6.66. The van der Waals surface area contributed by atoms with Crippen LogP contribution in [0.4, 0.5) is 5.82 Å². The summed E-state index contributed by atoms with van der Waals surface area (Å²) >= 11 is 0. The van der Waals surface area contributed by atoms with E-state index in [0.29, 0.717) is 11.5 Å². The topological polar surface area (TPSA) is 69.7 Å². The predicted molar refractivity (Wildman–Crippen MR) is 53.7 cm³/mol. The van der Waals surface area contributed by atoms with Gasteiger partial charge in [-0.15, -0.1) is 0 Å². The van der Waals surface area contributed by atoms with E-state index in [0.717, 1.165) is 11.3 Å². The van der Waals surface area contributed by atoms with Crippen molar-refractivity contribution >= 4 is 17.0 Å². The molecular formula is C8H12N6. The average Bonchev–Trinajstić information content (AvgIpc) is 2.50. The van der Waals surface area contributed by atoms with Crippen LogP contribution >= 0.6 is 0 Å². The van der Waals surface area contributed by atoms with Crippen LogP contribution in [0.25, 0.3) is 11.2 Å². The second-order valence-electron chi connectivity index (χ2n) is 3.23. The Morgan fingerprint density at radius 2 is 2.14 bits per heavy atom. The molecule has 0 unspecified atom stereocenters. The molecule has 0 aliphatic rings. The lowest BCUT2D eigenvalue weighted by Crippen LogP contribution is -2.21. The van der Waals surface area contributed by atoms with Gasteiger partial charge >= 0.3 is 0 Å². The van der Waals surface area contributed by atoms with Crippen molar-refractivity contribution in [2.24, 2.45) is 0 Å². The highest BCUT2D eigenvalue weighted by Gasteiger charge is 2.07. The van der Waals surface area contributed by atoms with Crippen molar-refractivity contribution in [1.82, 2.24) is 24.9 Å². The third-order valence-corrected chi connectivity index (χ3v) is 1.73. The molecule has 0 saturated heterocycles. The van der Waals surface area contributed by atoms with Gasteiger partial charge in [0.1, 0.15) is 11.3 Å². The van der Waals surface area contributed by atoms with Crippen LogP contribution in [-0.4, -0.2) is 39.0 Å². The van der Waals surface area contributed by atoms with Gasteiger partial charge in [-0.3, -0.25) is 0 Å². The SMILES string of the molecule is Cc1nc(NN(C)C)c2[nH]cnc2n1. The molecule has 0 amide bonds. The lowest BCUT2D eigenvalue weighted by Gasteiger charge is -2.12. The fourth-order valence-electron chi connectivity index (χ4n) is 1.23. The van der Waals surface area contributed by atoms with E-state index in [2.05, 4.69) is 25.4 Å². The Labute approximate surface area is 81.4 Å². The van der Waals surface area contributed by atoms with Crippen LogP contribution in [0.3, 0.4) is 0 Å². The Morgan fingerprint density at radius 3 is 2.86 bits per heavy atom. The Balaban J connectivity index is 2.55. The molecule has 0 fully saturated rings. The number of aryl methyl sites for hydroxylation is 1. The number of H-pyrrole nitrogens is 1. The third-order valence-electron chi connectivity index (χ3n) is 1.73. The van der Waals surface area contributed by atoms with Gasteiger partial charge in [-0.2, -0.15) is 0 Å². The highest BCUT2D eigenvalue weighted by molar-refractivity contribution is 5.82. The van der Waals surface area contributed by atoms with Crippen LogP contribution in [0.1, 0.15) is 5.82 Å². The quantitative estimate of drug-likeness (QED) is 0.680. The number of nitrogens with one attached hydrogen (secondary N) is 2. The minimum atomic E-state index is 0.682. The van der Waals surface area contributed by atoms with E-state index < -0.39 is 0 Å². The van der Waals surface area contributed by atoms with E-state index >= 15 is 0 Å². The molecule has 6 heteroatoms. The number of aromatic amines is 1.